The van der Waals surface area contributed by atoms with Gasteiger partial charge in [0, 0.05) is 13.1 Å². The van der Waals surface area contributed by atoms with Gasteiger partial charge in [-0.1, -0.05) is 19.1 Å². The van der Waals surface area contributed by atoms with Crippen molar-refractivity contribution in [1.29, 1.82) is 0 Å². The second-order valence-electron chi connectivity index (χ2n) is 5.46. The maximum Gasteiger partial charge on any atom is 0.137 e. The molecule has 1 aromatic rings. The lowest BCUT2D eigenvalue weighted by atomic mass is 10.1. The van der Waals surface area contributed by atoms with Gasteiger partial charge >= 0.3 is 0 Å². The van der Waals surface area contributed by atoms with Gasteiger partial charge in [-0.25, -0.2) is 4.39 Å². The summed E-state index contributed by atoms with van der Waals surface area (Å²) in [6.07, 6.45) is 2.69. The molecule has 1 aliphatic rings. The SMILES string of the molecule is CC(CNCc1cccc(F)c1Br)CN1CCCC1. The molecule has 0 radical (unpaired) electrons. The first kappa shape index (κ1) is 14.9. The van der Waals surface area contributed by atoms with Crippen molar-refractivity contribution >= 4 is 15.9 Å². The summed E-state index contributed by atoms with van der Waals surface area (Å²) in [6, 6.07) is 5.18. The van der Waals surface area contributed by atoms with E-state index in [0.29, 0.717) is 16.9 Å². The Kier molecular flexibility index (Phi) is 5.79. The van der Waals surface area contributed by atoms with Crippen molar-refractivity contribution in [3.63, 3.8) is 0 Å². The zero-order valence-corrected chi connectivity index (χ0v) is 13.0. The van der Waals surface area contributed by atoms with Gasteiger partial charge in [0.2, 0.25) is 0 Å². The molecule has 19 heavy (non-hydrogen) atoms. The molecule has 2 nitrogen and oxygen atoms in total. The van der Waals surface area contributed by atoms with Crippen molar-refractivity contribution < 1.29 is 4.39 Å². The molecule has 0 spiro atoms. The fraction of sp³-hybridized carbons (Fsp3) is 0.600. The Morgan fingerprint density at radius 3 is 2.84 bits per heavy atom. The van der Waals surface area contributed by atoms with Gasteiger partial charge in [-0.3, -0.25) is 0 Å². The molecule has 0 saturated carbocycles. The van der Waals surface area contributed by atoms with Crippen molar-refractivity contribution in [2.24, 2.45) is 5.92 Å². The molecule has 2 rings (SSSR count). The molecule has 1 atom stereocenters. The van der Waals surface area contributed by atoms with Crippen LogP contribution in [0.1, 0.15) is 25.3 Å². The lowest BCUT2D eigenvalue weighted by molar-refractivity contribution is 0.282. The van der Waals surface area contributed by atoms with Gasteiger partial charge in [0.25, 0.3) is 0 Å². The van der Waals surface area contributed by atoms with Crippen LogP contribution in [0.3, 0.4) is 0 Å². The van der Waals surface area contributed by atoms with Gasteiger partial charge in [0.05, 0.1) is 4.47 Å². The molecule has 1 fully saturated rings. The third kappa shape index (κ3) is 4.55. The molecule has 0 aliphatic carbocycles. The molecule has 1 heterocycles. The molecule has 1 unspecified atom stereocenters. The maximum atomic E-state index is 13.4. The summed E-state index contributed by atoms with van der Waals surface area (Å²) in [5, 5.41) is 3.42. The van der Waals surface area contributed by atoms with Crippen LogP contribution in [-0.4, -0.2) is 31.1 Å². The standard InChI is InChI=1S/C15H22BrFN2/c1-12(11-19-7-2-3-8-19)9-18-10-13-5-4-6-14(17)15(13)16/h4-6,12,18H,2-3,7-11H2,1H3. The Morgan fingerprint density at radius 1 is 1.37 bits per heavy atom. The zero-order valence-electron chi connectivity index (χ0n) is 11.5. The normalized spacial score (nSPS) is 17.8. The number of nitrogens with zero attached hydrogens (tertiary/aromatic N) is 1. The fourth-order valence-corrected chi connectivity index (χ4v) is 3.01. The van der Waals surface area contributed by atoms with E-state index in [1.54, 1.807) is 6.07 Å². The minimum absolute atomic E-state index is 0.190. The average Bonchev–Trinajstić information content (AvgIpc) is 2.87. The van der Waals surface area contributed by atoms with Gasteiger partial charge in [-0.2, -0.15) is 0 Å². The largest absolute Gasteiger partial charge is 0.312 e. The highest BCUT2D eigenvalue weighted by Crippen LogP contribution is 2.20. The molecule has 1 aromatic carbocycles. The highest BCUT2D eigenvalue weighted by molar-refractivity contribution is 9.10. The summed E-state index contributed by atoms with van der Waals surface area (Å²) < 4.78 is 13.9. The lowest BCUT2D eigenvalue weighted by Gasteiger charge is -2.20. The van der Waals surface area contributed by atoms with Crippen molar-refractivity contribution in [1.82, 2.24) is 10.2 Å². The first-order chi connectivity index (χ1) is 9.16. The van der Waals surface area contributed by atoms with E-state index in [2.05, 4.69) is 33.1 Å². The first-order valence-electron chi connectivity index (χ1n) is 7.03. The van der Waals surface area contributed by atoms with Gasteiger partial charge in [0.1, 0.15) is 5.82 Å². The van der Waals surface area contributed by atoms with Crippen molar-refractivity contribution in [2.45, 2.75) is 26.3 Å². The van der Waals surface area contributed by atoms with Crippen LogP contribution < -0.4 is 5.32 Å². The van der Waals surface area contributed by atoms with Crippen LogP contribution in [-0.2, 0) is 6.54 Å². The predicted molar refractivity (Wildman–Crippen MR) is 80.6 cm³/mol. The summed E-state index contributed by atoms with van der Waals surface area (Å²) in [5.74, 6) is 0.440. The molecule has 1 aliphatic heterocycles. The van der Waals surface area contributed by atoms with Gasteiger partial charge in [0.15, 0.2) is 0 Å². The summed E-state index contributed by atoms with van der Waals surface area (Å²) >= 11 is 3.30. The van der Waals surface area contributed by atoms with Crippen molar-refractivity contribution in [3.8, 4) is 0 Å². The lowest BCUT2D eigenvalue weighted by Crippen LogP contribution is -2.31. The Bertz CT molecular complexity index is 405. The summed E-state index contributed by atoms with van der Waals surface area (Å²) in [6.45, 7) is 7.62. The minimum Gasteiger partial charge on any atom is -0.312 e. The summed E-state index contributed by atoms with van der Waals surface area (Å²) in [5.41, 5.74) is 0.980. The van der Waals surface area contributed by atoms with Gasteiger partial charge in [-0.05, 0) is 66.0 Å². The maximum absolute atomic E-state index is 13.4. The number of nitrogens with one attached hydrogen (secondary N) is 1. The van der Waals surface area contributed by atoms with E-state index >= 15 is 0 Å². The Balaban J connectivity index is 1.72. The van der Waals surface area contributed by atoms with Crippen molar-refractivity contribution in [3.05, 3.63) is 34.1 Å². The molecule has 1 saturated heterocycles. The van der Waals surface area contributed by atoms with Crippen LogP contribution in [0.2, 0.25) is 0 Å². The van der Waals surface area contributed by atoms with Crippen LogP contribution in [0.4, 0.5) is 4.39 Å². The molecule has 0 bridgehead atoms. The molecule has 106 valence electrons. The molecule has 4 heteroatoms. The van der Waals surface area contributed by atoms with E-state index in [1.165, 1.54) is 32.0 Å². The third-order valence-electron chi connectivity index (χ3n) is 3.61. The van der Waals surface area contributed by atoms with Gasteiger partial charge < -0.3 is 10.2 Å². The van der Waals surface area contributed by atoms with Crippen LogP contribution in [0, 0.1) is 11.7 Å². The number of hydrogen-bond donors (Lipinski definition) is 1. The Hall–Kier alpha value is -0.450. The minimum atomic E-state index is -0.190. The zero-order chi connectivity index (χ0) is 13.7. The summed E-state index contributed by atoms with van der Waals surface area (Å²) in [7, 11) is 0. The fourth-order valence-electron chi connectivity index (χ4n) is 2.61. The molecule has 1 N–H and O–H groups in total. The van der Waals surface area contributed by atoms with E-state index in [1.807, 2.05) is 6.07 Å². The second-order valence-corrected chi connectivity index (χ2v) is 6.25. The van der Waals surface area contributed by atoms with E-state index < -0.39 is 0 Å². The number of hydrogen-bond acceptors (Lipinski definition) is 2. The number of benzene rings is 1. The first-order valence-corrected chi connectivity index (χ1v) is 7.82. The van der Waals surface area contributed by atoms with Crippen LogP contribution in [0.15, 0.2) is 22.7 Å². The second kappa shape index (κ2) is 7.36. The van der Waals surface area contributed by atoms with Crippen molar-refractivity contribution in [2.75, 3.05) is 26.2 Å². The smallest absolute Gasteiger partial charge is 0.137 e. The highest BCUT2D eigenvalue weighted by Gasteiger charge is 2.14. The monoisotopic (exact) mass is 328 g/mol. The third-order valence-corrected chi connectivity index (χ3v) is 4.50. The molecule has 0 amide bonds. The van der Waals surface area contributed by atoms with E-state index in [-0.39, 0.29) is 5.82 Å². The van der Waals surface area contributed by atoms with Crippen LogP contribution >= 0.6 is 15.9 Å². The van der Waals surface area contributed by atoms with Crippen LogP contribution in [0.25, 0.3) is 0 Å². The quantitative estimate of drug-likeness (QED) is 0.860. The van der Waals surface area contributed by atoms with E-state index in [9.17, 15) is 4.39 Å². The molecular weight excluding hydrogens is 307 g/mol. The highest BCUT2D eigenvalue weighted by atomic mass is 79.9. The molecule has 0 aromatic heterocycles. The Morgan fingerprint density at radius 2 is 2.11 bits per heavy atom. The van der Waals surface area contributed by atoms with E-state index in [4.69, 9.17) is 0 Å². The van der Waals surface area contributed by atoms with E-state index in [0.717, 1.165) is 18.7 Å². The average molecular weight is 329 g/mol. The number of likely N-dealkylation sites (tertiary alicyclic amines) is 1. The number of halogens is 2. The summed E-state index contributed by atoms with van der Waals surface area (Å²) in [4.78, 5) is 2.53. The predicted octanol–water partition coefficient (Wildman–Crippen LogP) is 3.41. The van der Waals surface area contributed by atoms with Crippen LogP contribution in [0.5, 0.6) is 0 Å². The Labute approximate surface area is 123 Å². The molecular formula is C15H22BrFN2. The topological polar surface area (TPSA) is 15.3 Å². The van der Waals surface area contributed by atoms with Gasteiger partial charge in [-0.15, -0.1) is 0 Å². The number of rotatable bonds is 6.